The Balaban J connectivity index is 1.30. The zero-order valence-electron chi connectivity index (χ0n) is 24.4. The van der Waals surface area contributed by atoms with Gasteiger partial charge in [-0.05, 0) is 55.5 Å². The topological polar surface area (TPSA) is 110 Å². The second-order valence-corrected chi connectivity index (χ2v) is 11.8. The highest BCUT2D eigenvalue weighted by molar-refractivity contribution is 6.40. The second-order valence-electron chi connectivity index (χ2n) is 11.0. The summed E-state index contributed by atoms with van der Waals surface area (Å²) in [7, 11) is 1.75. The van der Waals surface area contributed by atoms with Gasteiger partial charge < -0.3 is 25.3 Å². The molecule has 0 saturated heterocycles. The fourth-order valence-electron chi connectivity index (χ4n) is 5.37. The number of ether oxygens (including phenoxy) is 1. The number of alkyl halides is 5. The van der Waals surface area contributed by atoms with Gasteiger partial charge in [-0.15, -0.1) is 0 Å². The normalized spacial score (nSPS) is 17.8. The summed E-state index contributed by atoms with van der Waals surface area (Å²) in [4.78, 5) is 34.4. The van der Waals surface area contributed by atoms with E-state index in [0.29, 0.717) is 28.3 Å². The summed E-state index contributed by atoms with van der Waals surface area (Å²) in [5.74, 6) is -2.35. The van der Waals surface area contributed by atoms with E-state index in [-0.39, 0.29) is 71.9 Å². The molecule has 2 aliphatic rings. The standard InChI is InChI=1S/C30H29Cl2F5N6O3/c1-43-10-2-3-21(43)28(45)38-13-15-4-9-20(31)25(24(15)32)40-23-12-16-11-19(29(42-26(16)41-23)46-14-22(33)34)27(44)39-18-7-5-17(6-8-18)30(35,36)37/h2-4,9-11,17-18,22H,5-8,12-14H2,1H3,(H,38,45)(H,39,44)(H,40,41,42). The van der Waals surface area contributed by atoms with Crippen LogP contribution in [0.5, 0.6) is 5.88 Å². The van der Waals surface area contributed by atoms with Crippen molar-refractivity contribution in [3.63, 3.8) is 0 Å². The van der Waals surface area contributed by atoms with Crippen LogP contribution in [0.15, 0.2) is 41.5 Å². The van der Waals surface area contributed by atoms with Crippen LogP contribution >= 0.6 is 23.2 Å². The zero-order valence-corrected chi connectivity index (χ0v) is 25.9. The average Bonchev–Trinajstić information content (AvgIpc) is 3.61. The van der Waals surface area contributed by atoms with Gasteiger partial charge in [-0.25, -0.2) is 13.8 Å². The smallest absolute Gasteiger partial charge is 0.391 e. The van der Waals surface area contributed by atoms with Crippen molar-refractivity contribution < 1.29 is 36.3 Å². The van der Waals surface area contributed by atoms with Crippen LogP contribution in [0.4, 0.5) is 33.5 Å². The number of aliphatic imine (C=N–C) groups is 1. The number of nitrogens with zero attached hydrogens (tertiary/aromatic N) is 3. The van der Waals surface area contributed by atoms with Crippen molar-refractivity contribution in [3.05, 3.63) is 69.0 Å². The van der Waals surface area contributed by atoms with E-state index in [1.807, 2.05) is 0 Å². The van der Waals surface area contributed by atoms with Crippen molar-refractivity contribution in [3.8, 4) is 5.88 Å². The third-order valence-corrected chi connectivity index (χ3v) is 8.56. The second kappa shape index (κ2) is 13.8. The van der Waals surface area contributed by atoms with Gasteiger partial charge in [0.2, 0.25) is 5.88 Å². The van der Waals surface area contributed by atoms with Gasteiger partial charge in [0.05, 0.1) is 21.7 Å². The molecule has 1 fully saturated rings. The summed E-state index contributed by atoms with van der Waals surface area (Å²) < 4.78 is 72.0. The first-order valence-electron chi connectivity index (χ1n) is 14.3. The van der Waals surface area contributed by atoms with E-state index < -0.39 is 37.1 Å². The van der Waals surface area contributed by atoms with E-state index in [0.717, 1.165) is 0 Å². The molecule has 0 radical (unpaired) electrons. The number of carbonyl (C=O) groups excluding carboxylic acids is 2. The van der Waals surface area contributed by atoms with Crippen LogP contribution in [-0.2, 0) is 20.0 Å². The lowest BCUT2D eigenvalue weighted by Crippen LogP contribution is -2.40. The van der Waals surface area contributed by atoms with Gasteiger partial charge in [-0.3, -0.25) is 9.59 Å². The van der Waals surface area contributed by atoms with Gasteiger partial charge in [-0.1, -0.05) is 29.3 Å². The summed E-state index contributed by atoms with van der Waals surface area (Å²) in [6.07, 6.45) is -5.27. The number of hydrogen-bond donors (Lipinski definition) is 3. The minimum Gasteiger partial charge on any atom is -0.471 e. The number of halogens is 7. The number of rotatable bonds is 9. The lowest BCUT2D eigenvalue weighted by molar-refractivity contribution is -0.182. The Kier molecular flexibility index (Phi) is 10.1. The van der Waals surface area contributed by atoms with Crippen LogP contribution < -0.4 is 20.7 Å². The lowest BCUT2D eigenvalue weighted by Gasteiger charge is -2.30. The zero-order chi connectivity index (χ0) is 33.2. The van der Waals surface area contributed by atoms with Gasteiger partial charge in [0.1, 0.15) is 17.1 Å². The molecule has 0 spiro atoms. The molecule has 3 heterocycles. The molecule has 3 N–H and O–H groups in total. The number of amides is 2. The SMILES string of the molecule is Cn1cccc1C(=O)NCc1ccc(Cl)c(NC2=Nc3nc(OCC(F)F)c(C(=O)NC4CCC(C(F)(F)F)CC4)cc3C2)c1Cl. The maximum absolute atomic E-state index is 13.2. The predicted molar refractivity (Wildman–Crippen MR) is 162 cm³/mol. The first-order valence-corrected chi connectivity index (χ1v) is 15.1. The summed E-state index contributed by atoms with van der Waals surface area (Å²) in [6.45, 7) is -0.930. The first-order chi connectivity index (χ1) is 21.8. The van der Waals surface area contributed by atoms with Gasteiger partial charge in [0.25, 0.3) is 18.2 Å². The van der Waals surface area contributed by atoms with E-state index in [9.17, 15) is 31.5 Å². The van der Waals surface area contributed by atoms with Crippen molar-refractivity contribution in [2.24, 2.45) is 18.0 Å². The van der Waals surface area contributed by atoms with Gasteiger partial charge >= 0.3 is 6.18 Å². The number of fused-ring (bicyclic) bond motifs is 1. The molecule has 1 aromatic carbocycles. The Hall–Kier alpha value is -3.91. The largest absolute Gasteiger partial charge is 0.471 e. The minimum atomic E-state index is -4.30. The first kappa shape index (κ1) is 33.5. The lowest BCUT2D eigenvalue weighted by atomic mass is 9.85. The molecular formula is C30H29Cl2F5N6O3. The molecule has 0 unspecified atom stereocenters. The van der Waals surface area contributed by atoms with E-state index in [1.165, 1.54) is 6.07 Å². The van der Waals surface area contributed by atoms with Crippen molar-refractivity contribution in [2.75, 3.05) is 11.9 Å². The predicted octanol–water partition coefficient (Wildman–Crippen LogP) is 6.85. The third kappa shape index (κ3) is 7.72. The summed E-state index contributed by atoms with van der Waals surface area (Å²) >= 11 is 13.1. The highest BCUT2D eigenvalue weighted by atomic mass is 35.5. The molecule has 5 rings (SSSR count). The number of anilines is 1. The number of pyridine rings is 1. The van der Waals surface area contributed by atoms with Crippen molar-refractivity contribution >= 4 is 52.4 Å². The highest BCUT2D eigenvalue weighted by Crippen LogP contribution is 2.39. The number of benzene rings is 1. The molecule has 1 aliphatic carbocycles. The average molecular weight is 687 g/mol. The Morgan fingerprint density at radius 2 is 1.85 bits per heavy atom. The number of hydrogen-bond acceptors (Lipinski definition) is 6. The van der Waals surface area contributed by atoms with E-state index >= 15 is 0 Å². The van der Waals surface area contributed by atoms with Crippen molar-refractivity contribution in [1.29, 1.82) is 0 Å². The van der Waals surface area contributed by atoms with Gasteiger partial charge in [0, 0.05) is 37.8 Å². The monoisotopic (exact) mass is 686 g/mol. The Morgan fingerprint density at radius 3 is 2.50 bits per heavy atom. The summed E-state index contributed by atoms with van der Waals surface area (Å²) in [5, 5.41) is 9.06. The Labute approximate surface area is 270 Å². The van der Waals surface area contributed by atoms with Crippen LogP contribution in [0, 0.1) is 5.92 Å². The Bertz CT molecular complexity index is 1650. The molecule has 1 aliphatic heterocycles. The number of amidine groups is 1. The number of nitrogens with one attached hydrogen (secondary N) is 3. The number of carbonyl (C=O) groups is 2. The van der Waals surface area contributed by atoms with E-state index in [4.69, 9.17) is 27.9 Å². The fraction of sp³-hybridized carbons (Fsp3) is 0.400. The van der Waals surface area contributed by atoms with Crippen molar-refractivity contribution in [1.82, 2.24) is 20.2 Å². The molecule has 2 amide bonds. The van der Waals surface area contributed by atoms with Crippen LogP contribution in [-0.4, -0.2) is 52.5 Å². The summed E-state index contributed by atoms with van der Waals surface area (Å²) in [6, 6.07) is 7.58. The molecule has 2 aromatic heterocycles. The van der Waals surface area contributed by atoms with Crippen LogP contribution in [0.2, 0.25) is 10.0 Å². The molecule has 1 saturated carbocycles. The molecular weight excluding hydrogens is 658 g/mol. The number of aromatic nitrogens is 2. The van der Waals surface area contributed by atoms with Crippen molar-refractivity contribution in [2.45, 2.75) is 57.3 Å². The Morgan fingerprint density at radius 1 is 1.11 bits per heavy atom. The minimum absolute atomic E-state index is 0.101. The quantitative estimate of drug-likeness (QED) is 0.213. The van der Waals surface area contributed by atoms with Crippen LogP contribution in [0.3, 0.4) is 0 Å². The highest BCUT2D eigenvalue weighted by Gasteiger charge is 2.41. The van der Waals surface area contributed by atoms with Crippen LogP contribution in [0.25, 0.3) is 0 Å². The molecule has 16 heteroatoms. The molecule has 246 valence electrons. The summed E-state index contributed by atoms with van der Waals surface area (Å²) in [5.41, 5.74) is 1.67. The third-order valence-electron chi connectivity index (χ3n) is 7.81. The van der Waals surface area contributed by atoms with Gasteiger partial charge in [-0.2, -0.15) is 18.2 Å². The van der Waals surface area contributed by atoms with E-state index in [2.05, 4.69) is 25.9 Å². The molecule has 0 atom stereocenters. The molecule has 0 bridgehead atoms. The molecule has 46 heavy (non-hydrogen) atoms. The maximum Gasteiger partial charge on any atom is 0.391 e. The molecule has 3 aromatic rings. The fourth-order valence-corrected chi connectivity index (χ4v) is 5.90. The molecule has 9 nitrogen and oxygen atoms in total. The van der Waals surface area contributed by atoms with E-state index in [1.54, 1.807) is 42.1 Å². The number of aryl methyl sites for hydroxylation is 1. The van der Waals surface area contributed by atoms with Gasteiger partial charge in [0.15, 0.2) is 12.4 Å². The maximum atomic E-state index is 13.2. The van der Waals surface area contributed by atoms with Crippen LogP contribution in [0.1, 0.15) is 57.7 Å².